The normalized spacial score (nSPS) is 20.1. The smallest absolute Gasteiger partial charge is 0.0441 e. The third kappa shape index (κ3) is 1.79. The van der Waals surface area contributed by atoms with Crippen LogP contribution in [-0.4, -0.2) is 7.05 Å². The van der Waals surface area contributed by atoms with Crippen LogP contribution in [0.2, 0.25) is 5.02 Å². The highest BCUT2D eigenvalue weighted by Gasteiger charge is 2.23. The predicted molar refractivity (Wildman–Crippen MR) is 65.7 cm³/mol. The van der Waals surface area contributed by atoms with Crippen LogP contribution in [0.25, 0.3) is 0 Å². The van der Waals surface area contributed by atoms with Crippen molar-refractivity contribution in [1.29, 1.82) is 0 Å². The fourth-order valence-electron chi connectivity index (χ4n) is 2.67. The van der Waals surface area contributed by atoms with Gasteiger partial charge in [-0.3, -0.25) is 0 Å². The Balaban J connectivity index is 2.62. The van der Waals surface area contributed by atoms with E-state index in [2.05, 4.69) is 25.2 Å². The molecule has 82 valence electrons. The molecule has 0 fully saturated rings. The molecular weight excluding hydrogens is 206 g/mol. The van der Waals surface area contributed by atoms with E-state index in [4.69, 9.17) is 11.6 Å². The van der Waals surface area contributed by atoms with Crippen LogP contribution < -0.4 is 5.32 Å². The van der Waals surface area contributed by atoms with E-state index in [9.17, 15) is 0 Å². The van der Waals surface area contributed by atoms with Gasteiger partial charge in [0.25, 0.3) is 0 Å². The molecule has 1 aromatic rings. The molecule has 0 saturated heterocycles. The number of rotatable bonds is 1. The molecule has 0 aliphatic heterocycles. The van der Waals surface area contributed by atoms with Crippen LogP contribution in [0.3, 0.4) is 0 Å². The first-order chi connectivity index (χ1) is 7.15. The maximum atomic E-state index is 6.25. The summed E-state index contributed by atoms with van der Waals surface area (Å²) in [7, 11) is 2.04. The van der Waals surface area contributed by atoms with Crippen molar-refractivity contribution in [1.82, 2.24) is 5.32 Å². The summed E-state index contributed by atoms with van der Waals surface area (Å²) in [5.41, 5.74) is 5.58. The first-order valence-electron chi connectivity index (χ1n) is 5.61. The Labute approximate surface area is 96.8 Å². The van der Waals surface area contributed by atoms with Crippen molar-refractivity contribution in [2.24, 2.45) is 0 Å². The quantitative estimate of drug-likeness (QED) is 0.768. The van der Waals surface area contributed by atoms with E-state index in [1.54, 1.807) is 0 Å². The number of halogens is 1. The van der Waals surface area contributed by atoms with E-state index < -0.39 is 0 Å². The summed E-state index contributed by atoms with van der Waals surface area (Å²) in [6, 6.07) is 2.60. The van der Waals surface area contributed by atoms with Crippen molar-refractivity contribution in [3.05, 3.63) is 33.3 Å². The highest BCUT2D eigenvalue weighted by Crippen LogP contribution is 2.37. The zero-order valence-corrected chi connectivity index (χ0v) is 10.4. The fraction of sp³-hybridized carbons (Fsp3) is 0.538. The lowest BCUT2D eigenvalue weighted by Crippen LogP contribution is -2.23. The second-order valence-corrected chi connectivity index (χ2v) is 4.83. The average Bonchev–Trinajstić information content (AvgIpc) is 2.25. The first-order valence-corrected chi connectivity index (χ1v) is 5.98. The maximum absolute atomic E-state index is 6.25. The van der Waals surface area contributed by atoms with Gasteiger partial charge >= 0.3 is 0 Å². The molecular formula is C13H18ClN. The van der Waals surface area contributed by atoms with Crippen LogP contribution in [0.5, 0.6) is 0 Å². The average molecular weight is 224 g/mol. The molecule has 1 aliphatic carbocycles. The lowest BCUT2D eigenvalue weighted by molar-refractivity contribution is 0.493. The number of fused-ring (bicyclic) bond motifs is 1. The van der Waals surface area contributed by atoms with Gasteiger partial charge in [-0.25, -0.2) is 0 Å². The topological polar surface area (TPSA) is 12.0 Å². The first kappa shape index (κ1) is 11.0. The zero-order chi connectivity index (χ0) is 11.0. The Bertz CT molecular complexity index is 385. The summed E-state index contributed by atoms with van der Waals surface area (Å²) >= 11 is 6.25. The minimum absolute atomic E-state index is 0.492. The third-order valence-corrected chi connectivity index (χ3v) is 3.92. The van der Waals surface area contributed by atoms with Gasteiger partial charge in [0.15, 0.2) is 0 Å². The summed E-state index contributed by atoms with van der Waals surface area (Å²) < 4.78 is 0. The molecule has 0 spiro atoms. The van der Waals surface area contributed by atoms with Crippen molar-refractivity contribution in [2.75, 3.05) is 7.05 Å². The lowest BCUT2D eigenvalue weighted by atomic mass is 9.82. The lowest BCUT2D eigenvalue weighted by Gasteiger charge is -2.29. The van der Waals surface area contributed by atoms with Gasteiger partial charge in [-0.05, 0) is 68.5 Å². The predicted octanol–water partition coefficient (Wildman–Crippen LogP) is 3.55. The van der Waals surface area contributed by atoms with Crippen LogP contribution in [0.15, 0.2) is 6.07 Å². The number of hydrogen-bond acceptors (Lipinski definition) is 1. The Kier molecular flexibility index (Phi) is 3.03. The molecule has 1 unspecified atom stereocenters. The molecule has 1 nitrogen and oxygen atoms in total. The second kappa shape index (κ2) is 4.15. The number of benzene rings is 1. The SMILES string of the molecule is CNC1CCCc2c(C)cc(Cl)c(C)c21. The maximum Gasteiger partial charge on any atom is 0.0441 e. The van der Waals surface area contributed by atoms with E-state index in [0.29, 0.717) is 6.04 Å². The van der Waals surface area contributed by atoms with Crippen molar-refractivity contribution in [3.63, 3.8) is 0 Å². The molecule has 15 heavy (non-hydrogen) atoms. The summed E-state index contributed by atoms with van der Waals surface area (Å²) in [5.74, 6) is 0. The molecule has 2 heteroatoms. The molecule has 1 atom stereocenters. The Morgan fingerprint density at radius 1 is 1.40 bits per heavy atom. The summed E-state index contributed by atoms with van der Waals surface area (Å²) in [4.78, 5) is 0. The van der Waals surface area contributed by atoms with Crippen LogP contribution in [0.1, 0.15) is 41.1 Å². The molecule has 0 radical (unpaired) electrons. The van der Waals surface area contributed by atoms with Crippen LogP contribution >= 0.6 is 11.6 Å². The minimum Gasteiger partial charge on any atom is -0.313 e. The van der Waals surface area contributed by atoms with Gasteiger partial charge in [-0.2, -0.15) is 0 Å². The van der Waals surface area contributed by atoms with Crippen LogP contribution in [0, 0.1) is 13.8 Å². The molecule has 1 N–H and O–H groups in total. The monoisotopic (exact) mass is 223 g/mol. The highest BCUT2D eigenvalue weighted by molar-refractivity contribution is 6.31. The highest BCUT2D eigenvalue weighted by atomic mass is 35.5. The van der Waals surface area contributed by atoms with Crippen LogP contribution in [-0.2, 0) is 6.42 Å². The van der Waals surface area contributed by atoms with E-state index in [0.717, 1.165) is 5.02 Å². The standard InChI is InChI=1S/C13H18ClN/c1-8-7-11(14)9(2)13-10(8)5-4-6-12(13)15-3/h7,12,15H,4-6H2,1-3H3. The second-order valence-electron chi connectivity index (χ2n) is 4.43. The molecule has 0 heterocycles. The van der Waals surface area contributed by atoms with Gasteiger partial charge in [0.1, 0.15) is 0 Å². The molecule has 1 aromatic carbocycles. The Morgan fingerprint density at radius 3 is 2.80 bits per heavy atom. The van der Waals surface area contributed by atoms with Gasteiger partial charge in [-0.15, -0.1) is 0 Å². The fourth-order valence-corrected chi connectivity index (χ4v) is 2.94. The van der Waals surface area contributed by atoms with Gasteiger partial charge in [-0.1, -0.05) is 11.6 Å². The third-order valence-electron chi connectivity index (χ3n) is 3.52. The molecule has 0 amide bonds. The van der Waals surface area contributed by atoms with Crippen molar-refractivity contribution >= 4 is 11.6 Å². The molecule has 0 saturated carbocycles. The largest absolute Gasteiger partial charge is 0.313 e. The summed E-state index contributed by atoms with van der Waals surface area (Å²) in [6.07, 6.45) is 3.71. The van der Waals surface area contributed by atoms with E-state index in [1.807, 2.05) is 7.05 Å². The van der Waals surface area contributed by atoms with Gasteiger partial charge in [0, 0.05) is 11.1 Å². The Hall–Kier alpha value is -0.530. The summed E-state index contributed by atoms with van der Waals surface area (Å²) in [5, 5.41) is 4.31. The zero-order valence-electron chi connectivity index (χ0n) is 9.65. The van der Waals surface area contributed by atoms with E-state index >= 15 is 0 Å². The van der Waals surface area contributed by atoms with E-state index in [-0.39, 0.29) is 0 Å². The summed E-state index contributed by atoms with van der Waals surface area (Å²) in [6.45, 7) is 4.30. The molecule has 1 aliphatic rings. The molecule has 2 rings (SSSR count). The molecule has 0 bridgehead atoms. The van der Waals surface area contributed by atoms with Crippen molar-refractivity contribution < 1.29 is 0 Å². The number of hydrogen-bond donors (Lipinski definition) is 1. The van der Waals surface area contributed by atoms with Gasteiger partial charge in [0.2, 0.25) is 0 Å². The van der Waals surface area contributed by atoms with Crippen molar-refractivity contribution in [3.8, 4) is 0 Å². The molecule has 0 aromatic heterocycles. The van der Waals surface area contributed by atoms with Crippen LogP contribution in [0.4, 0.5) is 0 Å². The van der Waals surface area contributed by atoms with Gasteiger partial charge in [0.05, 0.1) is 0 Å². The van der Waals surface area contributed by atoms with Gasteiger partial charge < -0.3 is 5.32 Å². The van der Waals surface area contributed by atoms with Crippen molar-refractivity contribution in [2.45, 2.75) is 39.2 Å². The van der Waals surface area contributed by atoms with E-state index in [1.165, 1.54) is 41.5 Å². The number of aryl methyl sites for hydroxylation is 1. The number of nitrogens with one attached hydrogen (secondary N) is 1. The Morgan fingerprint density at radius 2 is 2.13 bits per heavy atom. The minimum atomic E-state index is 0.492.